The first-order valence-corrected chi connectivity index (χ1v) is 23.9. The lowest BCUT2D eigenvalue weighted by Gasteiger charge is -2.35. The van der Waals surface area contributed by atoms with E-state index >= 15 is 0 Å². The van der Waals surface area contributed by atoms with Gasteiger partial charge in [-0.1, -0.05) is 62.7 Å². The Morgan fingerprint density at radius 3 is 2.33 bits per heavy atom. The number of carbonyl (C=O) groups excluding carboxylic acids is 4. The number of rotatable bonds is 20. The van der Waals surface area contributed by atoms with E-state index in [-0.39, 0.29) is 49.6 Å². The zero-order valence-electron chi connectivity index (χ0n) is 38.7. The summed E-state index contributed by atoms with van der Waals surface area (Å²) in [6, 6.07) is 18.2. The van der Waals surface area contributed by atoms with Gasteiger partial charge in [0.1, 0.15) is 30.0 Å². The molecule has 1 aromatic heterocycles. The highest BCUT2D eigenvalue weighted by atomic mass is 35.5. The molecule has 0 saturated carbocycles. The summed E-state index contributed by atoms with van der Waals surface area (Å²) in [7, 11) is 0. The van der Waals surface area contributed by atoms with Crippen LogP contribution in [0.3, 0.4) is 0 Å². The molecule has 0 spiro atoms. The molecule has 2 saturated heterocycles. The molecule has 0 aliphatic carbocycles. The molecule has 3 aromatic carbocycles. The maximum Gasteiger partial charge on any atom is 0.259 e. The summed E-state index contributed by atoms with van der Waals surface area (Å²) in [6.45, 7) is 20.1. The Morgan fingerprint density at radius 1 is 1.00 bits per heavy atom. The first kappa shape index (κ1) is 50.9. The van der Waals surface area contributed by atoms with Crippen molar-refractivity contribution in [1.29, 1.82) is 0 Å². The van der Waals surface area contributed by atoms with Gasteiger partial charge < -0.3 is 39.8 Å². The van der Waals surface area contributed by atoms with Gasteiger partial charge in [-0.2, -0.15) is 0 Å². The number of aliphatic hydroxyl groups is 1. The fourth-order valence-electron chi connectivity index (χ4n) is 7.88. The molecule has 4 aromatic rings. The highest BCUT2D eigenvalue weighted by molar-refractivity contribution is 7.81. The second-order valence-electron chi connectivity index (χ2n) is 18.1. The maximum absolute atomic E-state index is 13.9. The van der Waals surface area contributed by atoms with Crippen molar-refractivity contribution in [2.75, 3.05) is 49.4 Å². The number of thiazole rings is 1. The van der Waals surface area contributed by atoms with E-state index in [2.05, 4.69) is 20.5 Å². The number of carbonyl (C=O) groups is 4. The number of nitrogens with zero attached hydrogens (tertiary/aromatic N) is 5. The monoisotopic (exact) mass is 971 g/mol. The summed E-state index contributed by atoms with van der Waals surface area (Å²) in [6.07, 6.45) is 1.33. The van der Waals surface area contributed by atoms with Crippen LogP contribution in [0.1, 0.15) is 71.6 Å². The van der Waals surface area contributed by atoms with Crippen LogP contribution in [0.15, 0.2) is 72.2 Å². The molecule has 0 bridgehead atoms. The molecular weight excluding hydrogens is 914 g/mol. The van der Waals surface area contributed by atoms with E-state index in [1.54, 1.807) is 48.3 Å². The molecule has 2 fully saturated rings. The number of ether oxygens (including phenoxy) is 3. The number of nitrogens with one attached hydrogen (secondary N) is 2. The van der Waals surface area contributed by atoms with Gasteiger partial charge in [0.15, 0.2) is 5.11 Å². The minimum absolute atomic E-state index is 0.0147. The average molecular weight is 973 g/mol. The third kappa shape index (κ3) is 12.5. The standard InChI is InChI=1S/C49H58ClN7O8S2/c1-31-42(67-30-53-31)33-13-11-32(12-14-33)27-52-44(60)40-26-36(58)28-55(40)45(61)43(48(2,3)4)54-41(59)29-64-23-10-22-63-21-8-9-24-65-37-18-15-34(16-19-37)57-47(66)56(46(62)49(57,5)6)35-17-20-39(51-7)38(50)25-35/h11-20,25,30,36,40,43,58H,8-10,21-24,26-29H2,1-6H3,(H,52,60)(H,54,59)/t36-,40+,43-/m1/s1. The highest BCUT2D eigenvalue weighted by Crippen LogP contribution is 2.39. The average Bonchev–Trinajstić information content (AvgIpc) is 3.96. The normalized spacial score (nSPS) is 17.4. The van der Waals surface area contributed by atoms with Crippen molar-refractivity contribution in [3.8, 4) is 16.2 Å². The fourth-order valence-corrected chi connectivity index (χ4v) is 9.43. The summed E-state index contributed by atoms with van der Waals surface area (Å²) in [5.41, 5.74) is 4.58. The van der Waals surface area contributed by atoms with Gasteiger partial charge >= 0.3 is 0 Å². The number of unbranched alkanes of at least 4 members (excludes halogenated alkanes) is 1. The second-order valence-corrected chi connectivity index (χ2v) is 19.7. The number of anilines is 2. The van der Waals surface area contributed by atoms with Crippen LogP contribution in [0.2, 0.25) is 5.02 Å². The van der Waals surface area contributed by atoms with Crippen LogP contribution in [0.4, 0.5) is 17.1 Å². The van der Waals surface area contributed by atoms with Crippen molar-refractivity contribution < 1.29 is 38.5 Å². The number of halogens is 1. The number of thiocarbonyl (C=S) groups is 1. The molecule has 18 heteroatoms. The van der Waals surface area contributed by atoms with Gasteiger partial charge in [-0.25, -0.2) is 9.83 Å². The highest BCUT2D eigenvalue weighted by Gasteiger charge is 2.50. The van der Waals surface area contributed by atoms with Crippen LogP contribution in [0.5, 0.6) is 5.75 Å². The van der Waals surface area contributed by atoms with Gasteiger partial charge in [-0.15, -0.1) is 11.3 Å². The topological polar surface area (TPSA) is 167 Å². The van der Waals surface area contributed by atoms with Gasteiger partial charge in [-0.05, 0) is 105 Å². The van der Waals surface area contributed by atoms with Crippen molar-refractivity contribution in [3.05, 3.63) is 99.9 Å². The number of benzene rings is 3. The first-order valence-electron chi connectivity index (χ1n) is 22.2. The van der Waals surface area contributed by atoms with Crippen LogP contribution < -0.4 is 25.2 Å². The molecule has 4 amide bonds. The molecule has 0 radical (unpaired) electrons. The van der Waals surface area contributed by atoms with Gasteiger partial charge in [0.2, 0.25) is 23.4 Å². The van der Waals surface area contributed by atoms with Crippen molar-refractivity contribution in [2.45, 2.75) is 97.5 Å². The van der Waals surface area contributed by atoms with Crippen LogP contribution >= 0.6 is 35.2 Å². The molecule has 15 nitrogen and oxygen atoms in total. The third-order valence-corrected chi connectivity index (χ3v) is 13.2. The van der Waals surface area contributed by atoms with E-state index in [0.717, 1.165) is 40.2 Å². The van der Waals surface area contributed by atoms with Crippen molar-refractivity contribution >= 4 is 81.0 Å². The van der Waals surface area contributed by atoms with E-state index in [4.69, 9.17) is 44.6 Å². The zero-order chi connectivity index (χ0) is 48.5. The largest absolute Gasteiger partial charge is 0.494 e. The van der Waals surface area contributed by atoms with Crippen LogP contribution in [-0.2, 0) is 35.2 Å². The van der Waals surface area contributed by atoms with E-state index in [1.165, 1.54) is 9.80 Å². The number of hydrogen-bond donors (Lipinski definition) is 3. The number of aliphatic hydroxyl groups excluding tert-OH is 1. The fraction of sp³-hybridized carbons (Fsp3) is 0.449. The summed E-state index contributed by atoms with van der Waals surface area (Å²) >= 11 is 13.6. The maximum atomic E-state index is 13.9. The van der Waals surface area contributed by atoms with E-state index < -0.39 is 41.0 Å². The number of hydrogen-bond acceptors (Lipinski definition) is 11. The molecule has 2 aliphatic heterocycles. The number of amides is 4. The van der Waals surface area contributed by atoms with Gasteiger partial charge in [0.25, 0.3) is 5.91 Å². The Hall–Kier alpha value is -5.48. The smallest absolute Gasteiger partial charge is 0.259 e. The van der Waals surface area contributed by atoms with Crippen molar-refractivity contribution in [1.82, 2.24) is 20.5 Å². The Bertz CT molecular complexity index is 2450. The van der Waals surface area contributed by atoms with Crippen LogP contribution in [-0.4, -0.2) is 107 Å². The molecule has 0 unspecified atom stereocenters. The minimum Gasteiger partial charge on any atom is -0.494 e. The molecular formula is C49H58ClN7O8S2. The summed E-state index contributed by atoms with van der Waals surface area (Å²) in [5.74, 6) is -0.804. The summed E-state index contributed by atoms with van der Waals surface area (Å²) < 4.78 is 17.3. The van der Waals surface area contributed by atoms with E-state index in [9.17, 15) is 24.3 Å². The van der Waals surface area contributed by atoms with Gasteiger partial charge in [-0.3, -0.25) is 24.1 Å². The molecule has 67 heavy (non-hydrogen) atoms. The van der Waals surface area contributed by atoms with E-state index in [1.807, 2.05) is 81.7 Å². The lowest BCUT2D eigenvalue weighted by atomic mass is 9.85. The first-order chi connectivity index (χ1) is 31.9. The minimum atomic E-state index is -0.964. The molecule has 3 heterocycles. The van der Waals surface area contributed by atoms with Crippen LogP contribution in [0.25, 0.3) is 15.3 Å². The van der Waals surface area contributed by atoms with Crippen molar-refractivity contribution in [3.63, 3.8) is 0 Å². The number of aryl methyl sites for hydroxylation is 1. The molecule has 3 N–H and O–H groups in total. The SMILES string of the molecule is [C-]#[N+]c1ccc(N2C(=O)C(C)(C)N(c3ccc(OCCCCOCCCOCC(=O)N[C@H](C(=O)N4C[C@H](O)C[C@H]4C(=O)NCc4ccc(-c5scnc5C)cc4)C(C)(C)C)cc3)C2=S)cc1Cl. The molecule has 356 valence electrons. The van der Waals surface area contributed by atoms with E-state index in [0.29, 0.717) is 48.5 Å². The predicted molar refractivity (Wildman–Crippen MR) is 263 cm³/mol. The Morgan fingerprint density at radius 2 is 1.67 bits per heavy atom. The quantitative estimate of drug-likeness (QED) is 0.0453. The Labute approximate surface area is 406 Å². The molecule has 2 aliphatic rings. The number of β-amino-alcohol motifs (C(OH)–C–C–N with tert-alkyl or cyclic N) is 1. The number of aromatic nitrogens is 1. The second kappa shape index (κ2) is 22.5. The summed E-state index contributed by atoms with van der Waals surface area (Å²) in [5, 5.41) is 16.8. The Balaban J connectivity index is 0.856. The molecule has 3 atom stereocenters. The summed E-state index contributed by atoms with van der Waals surface area (Å²) in [4.78, 5) is 67.3. The van der Waals surface area contributed by atoms with Gasteiger partial charge in [0, 0.05) is 50.0 Å². The Kier molecular flexibility index (Phi) is 17.1. The van der Waals surface area contributed by atoms with Crippen LogP contribution in [0, 0.1) is 18.9 Å². The van der Waals surface area contributed by atoms with Crippen molar-refractivity contribution in [2.24, 2.45) is 5.41 Å². The predicted octanol–water partition coefficient (Wildman–Crippen LogP) is 7.63. The lowest BCUT2D eigenvalue weighted by molar-refractivity contribution is -0.144. The third-order valence-electron chi connectivity index (χ3n) is 11.5. The molecule has 6 rings (SSSR count). The lowest BCUT2D eigenvalue weighted by Crippen LogP contribution is -2.58. The van der Waals surface area contributed by atoms with Gasteiger partial charge in [0.05, 0.1) is 41.1 Å². The number of likely N-dealkylation sites (tertiary alicyclic amines) is 1. The zero-order valence-corrected chi connectivity index (χ0v) is 41.1.